The Hall–Kier alpha value is -2.06. The molecule has 1 unspecified atom stereocenters. The summed E-state index contributed by atoms with van der Waals surface area (Å²) in [6.07, 6.45) is 5.53. The van der Waals surface area contributed by atoms with Gasteiger partial charge in [-0.05, 0) is 47.7 Å². The molecule has 2 aromatic rings. The minimum atomic E-state index is -0.294. The van der Waals surface area contributed by atoms with Crippen LogP contribution in [0.4, 0.5) is 0 Å². The van der Waals surface area contributed by atoms with Gasteiger partial charge in [0.25, 0.3) is 0 Å². The Morgan fingerprint density at radius 2 is 2.00 bits per heavy atom. The maximum absolute atomic E-state index is 9.76. The average Bonchev–Trinajstić information content (AvgIpc) is 2.86. The van der Waals surface area contributed by atoms with Crippen LogP contribution in [0.25, 0.3) is 6.08 Å². The number of aliphatic hydroxyl groups is 1. The number of benzene rings is 2. The number of aliphatic hydroxyl groups excluding tert-OH is 1. The van der Waals surface area contributed by atoms with Crippen molar-refractivity contribution in [2.45, 2.75) is 18.9 Å². The van der Waals surface area contributed by atoms with E-state index in [1.165, 1.54) is 11.1 Å². The number of hydrogen-bond acceptors (Lipinski definition) is 2. The second kappa shape index (κ2) is 5.93. The first-order valence-electron chi connectivity index (χ1n) is 6.98. The second-order valence-electron chi connectivity index (χ2n) is 5.04. The summed E-state index contributed by atoms with van der Waals surface area (Å²) in [5.74, 6) is 0.871. The highest BCUT2D eigenvalue weighted by Gasteiger charge is 2.20. The van der Waals surface area contributed by atoms with Crippen LogP contribution in [0.2, 0.25) is 0 Å². The quantitative estimate of drug-likeness (QED) is 0.913. The van der Waals surface area contributed by atoms with E-state index in [4.69, 9.17) is 4.74 Å². The lowest BCUT2D eigenvalue weighted by atomic mass is 10.1. The molecule has 2 aromatic carbocycles. The third kappa shape index (κ3) is 2.91. The summed E-state index contributed by atoms with van der Waals surface area (Å²) < 4.78 is 5.72. The SMILES string of the molecule is OC1CCc2cc(OC/C=C/c3ccccc3)ccc21. The van der Waals surface area contributed by atoms with E-state index >= 15 is 0 Å². The predicted octanol–water partition coefficient (Wildman–Crippen LogP) is 3.76. The summed E-state index contributed by atoms with van der Waals surface area (Å²) >= 11 is 0. The molecule has 2 nitrogen and oxygen atoms in total. The van der Waals surface area contributed by atoms with Crippen molar-refractivity contribution in [2.75, 3.05) is 6.61 Å². The summed E-state index contributed by atoms with van der Waals surface area (Å²) in [5.41, 5.74) is 3.44. The standard InChI is InChI=1S/C18H18O2/c19-18-11-8-15-13-16(9-10-17(15)18)20-12-4-7-14-5-2-1-3-6-14/h1-7,9-10,13,18-19H,8,11-12H2/b7-4+. The van der Waals surface area contributed by atoms with Gasteiger partial charge in [-0.25, -0.2) is 0 Å². The summed E-state index contributed by atoms with van der Waals surface area (Å²) in [7, 11) is 0. The zero-order chi connectivity index (χ0) is 13.8. The van der Waals surface area contributed by atoms with E-state index in [2.05, 4.69) is 18.2 Å². The first-order valence-corrected chi connectivity index (χ1v) is 6.98. The number of hydrogen-bond donors (Lipinski definition) is 1. The van der Waals surface area contributed by atoms with Gasteiger partial charge in [-0.1, -0.05) is 42.5 Å². The van der Waals surface area contributed by atoms with Crippen molar-refractivity contribution in [2.24, 2.45) is 0 Å². The van der Waals surface area contributed by atoms with Gasteiger partial charge >= 0.3 is 0 Å². The predicted molar refractivity (Wildman–Crippen MR) is 80.7 cm³/mol. The van der Waals surface area contributed by atoms with Gasteiger partial charge in [0.1, 0.15) is 12.4 Å². The van der Waals surface area contributed by atoms with Crippen LogP contribution in [0.1, 0.15) is 29.2 Å². The molecule has 0 amide bonds. The molecule has 0 spiro atoms. The highest BCUT2D eigenvalue weighted by Crippen LogP contribution is 2.33. The fourth-order valence-corrected chi connectivity index (χ4v) is 2.55. The number of aryl methyl sites for hydroxylation is 1. The molecule has 102 valence electrons. The fourth-order valence-electron chi connectivity index (χ4n) is 2.55. The Morgan fingerprint density at radius 1 is 1.15 bits per heavy atom. The zero-order valence-corrected chi connectivity index (χ0v) is 11.3. The molecule has 0 fully saturated rings. The Morgan fingerprint density at radius 3 is 2.85 bits per heavy atom. The molecule has 2 heteroatoms. The second-order valence-corrected chi connectivity index (χ2v) is 5.04. The van der Waals surface area contributed by atoms with E-state index in [0.717, 1.165) is 24.2 Å². The summed E-state index contributed by atoms with van der Waals surface area (Å²) in [6.45, 7) is 0.552. The average molecular weight is 266 g/mol. The molecule has 3 rings (SSSR count). The van der Waals surface area contributed by atoms with Gasteiger partial charge in [-0.15, -0.1) is 0 Å². The van der Waals surface area contributed by atoms with Crippen LogP contribution in [0.5, 0.6) is 5.75 Å². The lowest BCUT2D eigenvalue weighted by Gasteiger charge is -2.07. The van der Waals surface area contributed by atoms with Gasteiger partial charge in [0.05, 0.1) is 6.10 Å². The molecular weight excluding hydrogens is 248 g/mol. The fraction of sp³-hybridized carbons (Fsp3) is 0.222. The van der Waals surface area contributed by atoms with Crippen LogP contribution in [0.3, 0.4) is 0 Å². The van der Waals surface area contributed by atoms with Crippen LogP contribution in [-0.4, -0.2) is 11.7 Å². The van der Waals surface area contributed by atoms with E-state index in [1.54, 1.807) is 0 Å². The maximum atomic E-state index is 9.76. The lowest BCUT2D eigenvalue weighted by molar-refractivity contribution is 0.180. The number of fused-ring (bicyclic) bond motifs is 1. The topological polar surface area (TPSA) is 29.5 Å². The van der Waals surface area contributed by atoms with Gasteiger partial charge in [-0.2, -0.15) is 0 Å². The van der Waals surface area contributed by atoms with E-state index < -0.39 is 0 Å². The van der Waals surface area contributed by atoms with Crippen LogP contribution in [-0.2, 0) is 6.42 Å². The van der Waals surface area contributed by atoms with Gasteiger partial charge in [0.2, 0.25) is 0 Å². The van der Waals surface area contributed by atoms with E-state index in [9.17, 15) is 5.11 Å². The monoisotopic (exact) mass is 266 g/mol. The zero-order valence-electron chi connectivity index (χ0n) is 11.3. The molecule has 0 radical (unpaired) electrons. The van der Waals surface area contributed by atoms with Crippen LogP contribution in [0, 0.1) is 0 Å². The molecular formula is C18H18O2. The molecule has 0 aliphatic heterocycles. The molecule has 0 aromatic heterocycles. The summed E-state index contributed by atoms with van der Waals surface area (Å²) in [4.78, 5) is 0. The first-order chi connectivity index (χ1) is 9.83. The third-order valence-electron chi connectivity index (χ3n) is 3.62. The van der Waals surface area contributed by atoms with E-state index in [-0.39, 0.29) is 6.10 Å². The van der Waals surface area contributed by atoms with E-state index in [1.807, 2.05) is 42.5 Å². The molecule has 0 saturated heterocycles. The van der Waals surface area contributed by atoms with Crippen molar-refractivity contribution in [3.63, 3.8) is 0 Å². The first kappa shape index (κ1) is 12.9. The van der Waals surface area contributed by atoms with Crippen LogP contribution in [0.15, 0.2) is 54.6 Å². The molecule has 20 heavy (non-hydrogen) atoms. The Kier molecular flexibility index (Phi) is 3.84. The van der Waals surface area contributed by atoms with Crippen molar-refractivity contribution >= 4 is 6.08 Å². The molecule has 1 aliphatic carbocycles. The number of rotatable bonds is 4. The summed E-state index contributed by atoms with van der Waals surface area (Å²) in [6, 6.07) is 16.1. The van der Waals surface area contributed by atoms with Crippen LogP contribution >= 0.6 is 0 Å². The lowest BCUT2D eigenvalue weighted by Crippen LogP contribution is -1.95. The Labute approximate surface area is 119 Å². The molecule has 1 N–H and O–H groups in total. The van der Waals surface area contributed by atoms with E-state index in [0.29, 0.717) is 6.61 Å². The molecule has 0 bridgehead atoms. The van der Waals surface area contributed by atoms with Gasteiger partial charge in [0, 0.05) is 0 Å². The normalized spacial score (nSPS) is 17.4. The van der Waals surface area contributed by atoms with Gasteiger partial charge in [0.15, 0.2) is 0 Å². The van der Waals surface area contributed by atoms with Crippen molar-refractivity contribution in [1.29, 1.82) is 0 Å². The Bertz CT molecular complexity index is 602. The number of ether oxygens (including phenoxy) is 1. The third-order valence-corrected chi connectivity index (χ3v) is 3.62. The molecule has 1 aliphatic rings. The van der Waals surface area contributed by atoms with Crippen molar-refractivity contribution in [1.82, 2.24) is 0 Å². The van der Waals surface area contributed by atoms with Crippen LogP contribution < -0.4 is 4.74 Å². The summed E-state index contributed by atoms with van der Waals surface area (Å²) in [5, 5.41) is 9.76. The van der Waals surface area contributed by atoms with Crippen molar-refractivity contribution in [3.8, 4) is 5.75 Å². The minimum absolute atomic E-state index is 0.294. The van der Waals surface area contributed by atoms with Crippen molar-refractivity contribution < 1.29 is 9.84 Å². The maximum Gasteiger partial charge on any atom is 0.120 e. The highest BCUT2D eigenvalue weighted by molar-refractivity contribution is 5.48. The van der Waals surface area contributed by atoms with Crippen molar-refractivity contribution in [3.05, 3.63) is 71.3 Å². The molecule has 1 atom stereocenters. The molecule has 0 saturated carbocycles. The van der Waals surface area contributed by atoms with Gasteiger partial charge < -0.3 is 9.84 Å². The minimum Gasteiger partial charge on any atom is -0.490 e. The Balaban J connectivity index is 1.58. The largest absolute Gasteiger partial charge is 0.490 e. The molecule has 0 heterocycles. The van der Waals surface area contributed by atoms with Gasteiger partial charge in [-0.3, -0.25) is 0 Å². The highest BCUT2D eigenvalue weighted by atomic mass is 16.5. The smallest absolute Gasteiger partial charge is 0.120 e.